The van der Waals surface area contributed by atoms with Crippen molar-refractivity contribution in [1.82, 2.24) is 16.0 Å². The summed E-state index contributed by atoms with van der Waals surface area (Å²) in [5, 5.41) is 19.6. The summed E-state index contributed by atoms with van der Waals surface area (Å²) in [6.45, 7) is 10.4. The topological polar surface area (TPSA) is 85.8 Å². The van der Waals surface area contributed by atoms with Crippen LogP contribution in [0.25, 0.3) is 0 Å². The molecular weight excluding hydrogens is 304 g/mol. The first kappa shape index (κ1) is 20.0. The van der Waals surface area contributed by atoms with E-state index in [1.165, 1.54) is 0 Å². The summed E-state index contributed by atoms with van der Waals surface area (Å²) in [6, 6.07) is 9.44. The van der Waals surface area contributed by atoms with Gasteiger partial charge in [0.15, 0.2) is 5.96 Å². The predicted octanol–water partition coefficient (Wildman–Crippen LogP) is 1.36. The summed E-state index contributed by atoms with van der Waals surface area (Å²) in [5.74, 6) is 0.354. The Morgan fingerprint density at radius 3 is 2.29 bits per heavy atom. The first-order chi connectivity index (χ1) is 11.1. The average Bonchev–Trinajstić information content (AvgIpc) is 2.49. The minimum atomic E-state index is -1.04. The number of rotatable bonds is 6. The zero-order valence-electron chi connectivity index (χ0n) is 15.3. The van der Waals surface area contributed by atoms with Gasteiger partial charge < -0.3 is 21.1 Å². The Balaban J connectivity index is 2.65. The van der Waals surface area contributed by atoms with Crippen molar-refractivity contribution < 1.29 is 9.90 Å². The summed E-state index contributed by atoms with van der Waals surface area (Å²) in [7, 11) is 0. The van der Waals surface area contributed by atoms with Crippen LogP contribution in [0.15, 0.2) is 35.3 Å². The van der Waals surface area contributed by atoms with Crippen LogP contribution in [0.2, 0.25) is 0 Å². The molecule has 6 nitrogen and oxygen atoms in total. The molecule has 1 rings (SSSR count). The second-order valence-electron chi connectivity index (χ2n) is 6.99. The van der Waals surface area contributed by atoms with Crippen molar-refractivity contribution >= 4 is 11.9 Å². The third kappa shape index (κ3) is 7.46. The van der Waals surface area contributed by atoms with E-state index in [4.69, 9.17) is 0 Å². The molecule has 1 amide bonds. The van der Waals surface area contributed by atoms with E-state index in [0.29, 0.717) is 12.5 Å². The molecule has 0 aliphatic carbocycles. The lowest BCUT2D eigenvalue weighted by Gasteiger charge is -2.25. The second kappa shape index (κ2) is 8.68. The molecule has 0 aromatic heterocycles. The lowest BCUT2D eigenvalue weighted by atomic mass is 9.96. The molecule has 0 saturated carbocycles. The van der Waals surface area contributed by atoms with Gasteiger partial charge in [-0.05, 0) is 40.2 Å². The fourth-order valence-electron chi connectivity index (χ4n) is 2.11. The number of aliphatic hydroxyl groups is 1. The molecule has 1 unspecified atom stereocenters. The Kier molecular flexibility index (Phi) is 7.22. The SMILES string of the molecule is CCNC(=NCC(=O)NC(C)(C)C)NCC(C)(O)c1ccccc1. The number of carbonyl (C=O) groups excluding carboxylic acids is 1. The van der Waals surface area contributed by atoms with Gasteiger partial charge in [-0.2, -0.15) is 0 Å². The van der Waals surface area contributed by atoms with E-state index in [2.05, 4.69) is 20.9 Å². The monoisotopic (exact) mass is 334 g/mol. The van der Waals surface area contributed by atoms with Crippen LogP contribution in [-0.2, 0) is 10.4 Å². The maximum absolute atomic E-state index is 11.9. The zero-order valence-corrected chi connectivity index (χ0v) is 15.3. The number of carbonyl (C=O) groups is 1. The molecule has 0 radical (unpaired) electrons. The van der Waals surface area contributed by atoms with Gasteiger partial charge in [0.25, 0.3) is 0 Å². The molecule has 134 valence electrons. The average molecular weight is 334 g/mol. The van der Waals surface area contributed by atoms with Gasteiger partial charge in [-0.15, -0.1) is 0 Å². The summed E-state index contributed by atoms with van der Waals surface area (Å²) >= 11 is 0. The number of aliphatic imine (C=N–C) groups is 1. The van der Waals surface area contributed by atoms with Crippen molar-refractivity contribution in [2.75, 3.05) is 19.6 Å². The van der Waals surface area contributed by atoms with E-state index in [0.717, 1.165) is 5.56 Å². The smallest absolute Gasteiger partial charge is 0.242 e. The van der Waals surface area contributed by atoms with Gasteiger partial charge in [0.1, 0.15) is 12.1 Å². The van der Waals surface area contributed by atoms with Gasteiger partial charge in [-0.1, -0.05) is 30.3 Å². The molecule has 1 atom stereocenters. The highest BCUT2D eigenvalue weighted by atomic mass is 16.3. The van der Waals surface area contributed by atoms with E-state index >= 15 is 0 Å². The van der Waals surface area contributed by atoms with Crippen LogP contribution in [0.4, 0.5) is 0 Å². The fourth-order valence-corrected chi connectivity index (χ4v) is 2.11. The number of nitrogens with zero attached hydrogens (tertiary/aromatic N) is 1. The first-order valence-electron chi connectivity index (χ1n) is 8.25. The molecule has 0 aliphatic rings. The maximum Gasteiger partial charge on any atom is 0.242 e. The largest absolute Gasteiger partial charge is 0.384 e. The van der Waals surface area contributed by atoms with E-state index in [1.54, 1.807) is 6.92 Å². The van der Waals surface area contributed by atoms with Crippen molar-refractivity contribution in [1.29, 1.82) is 0 Å². The summed E-state index contributed by atoms with van der Waals surface area (Å²) in [4.78, 5) is 16.1. The number of benzene rings is 1. The van der Waals surface area contributed by atoms with Gasteiger partial charge in [0.2, 0.25) is 5.91 Å². The van der Waals surface area contributed by atoms with Crippen molar-refractivity contribution in [2.24, 2.45) is 4.99 Å². The number of nitrogens with one attached hydrogen (secondary N) is 3. The highest BCUT2D eigenvalue weighted by Crippen LogP contribution is 2.18. The highest BCUT2D eigenvalue weighted by Gasteiger charge is 2.23. The minimum Gasteiger partial charge on any atom is -0.384 e. The molecule has 0 fully saturated rings. The van der Waals surface area contributed by atoms with Crippen LogP contribution in [-0.4, -0.2) is 42.1 Å². The van der Waals surface area contributed by atoms with Crippen LogP contribution in [0.3, 0.4) is 0 Å². The Labute approximate surface area is 144 Å². The van der Waals surface area contributed by atoms with Crippen molar-refractivity contribution in [3.05, 3.63) is 35.9 Å². The number of amides is 1. The lowest BCUT2D eigenvalue weighted by molar-refractivity contribution is -0.121. The van der Waals surface area contributed by atoms with Crippen LogP contribution in [0.1, 0.15) is 40.2 Å². The quantitative estimate of drug-likeness (QED) is 0.467. The molecule has 0 spiro atoms. The van der Waals surface area contributed by atoms with Crippen molar-refractivity contribution in [3.63, 3.8) is 0 Å². The van der Waals surface area contributed by atoms with E-state index in [-0.39, 0.29) is 24.5 Å². The Morgan fingerprint density at radius 1 is 1.12 bits per heavy atom. The van der Waals surface area contributed by atoms with Crippen molar-refractivity contribution in [3.8, 4) is 0 Å². The van der Waals surface area contributed by atoms with Crippen LogP contribution in [0, 0.1) is 0 Å². The molecule has 0 aliphatic heterocycles. The Bertz CT molecular complexity index is 548. The van der Waals surface area contributed by atoms with Crippen LogP contribution >= 0.6 is 0 Å². The third-order valence-corrected chi connectivity index (χ3v) is 3.24. The zero-order chi connectivity index (χ0) is 18.2. The van der Waals surface area contributed by atoms with Crippen LogP contribution < -0.4 is 16.0 Å². The van der Waals surface area contributed by atoms with E-state index in [9.17, 15) is 9.90 Å². The summed E-state index contributed by atoms with van der Waals surface area (Å²) in [5.41, 5.74) is -0.501. The minimum absolute atomic E-state index is 0.0279. The van der Waals surface area contributed by atoms with Gasteiger partial charge in [0, 0.05) is 12.1 Å². The number of hydrogen-bond donors (Lipinski definition) is 4. The molecule has 4 N–H and O–H groups in total. The summed E-state index contributed by atoms with van der Waals surface area (Å²) in [6.07, 6.45) is 0. The molecular formula is C18H30N4O2. The molecule has 0 heterocycles. The van der Waals surface area contributed by atoms with Gasteiger partial charge >= 0.3 is 0 Å². The normalized spacial score (nSPS) is 14.7. The number of hydrogen-bond acceptors (Lipinski definition) is 3. The Morgan fingerprint density at radius 2 is 1.75 bits per heavy atom. The summed E-state index contributed by atoms with van der Waals surface area (Å²) < 4.78 is 0. The molecule has 24 heavy (non-hydrogen) atoms. The molecule has 0 bridgehead atoms. The molecule has 6 heteroatoms. The fraction of sp³-hybridized carbons (Fsp3) is 0.556. The van der Waals surface area contributed by atoms with E-state index < -0.39 is 5.60 Å². The van der Waals surface area contributed by atoms with Crippen molar-refractivity contribution in [2.45, 2.75) is 45.8 Å². The molecule has 1 aromatic rings. The van der Waals surface area contributed by atoms with E-state index in [1.807, 2.05) is 58.0 Å². The first-order valence-corrected chi connectivity index (χ1v) is 8.25. The maximum atomic E-state index is 11.9. The predicted molar refractivity (Wildman–Crippen MR) is 97.9 cm³/mol. The highest BCUT2D eigenvalue weighted by molar-refractivity contribution is 5.85. The second-order valence-corrected chi connectivity index (χ2v) is 6.99. The number of guanidine groups is 1. The van der Waals surface area contributed by atoms with Gasteiger partial charge in [0.05, 0.1) is 6.54 Å². The standard InChI is InChI=1S/C18H30N4O2/c1-6-19-16(20-12-15(23)22-17(2,3)4)21-13-18(5,24)14-10-8-7-9-11-14/h7-11,24H,6,12-13H2,1-5H3,(H,22,23)(H2,19,20,21). The van der Waals surface area contributed by atoms with Gasteiger partial charge in [-0.25, -0.2) is 4.99 Å². The van der Waals surface area contributed by atoms with Gasteiger partial charge in [-0.3, -0.25) is 4.79 Å². The molecule has 0 saturated heterocycles. The Hall–Kier alpha value is -2.08. The lowest BCUT2D eigenvalue weighted by Crippen LogP contribution is -2.46. The molecule has 1 aromatic carbocycles. The third-order valence-electron chi connectivity index (χ3n) is 3.24. The van der Waals surface area contributed by atoms with Crippen LogP contribution in [0.5, 0.6) is 0 Å².